The number of aliphatic hydroxyl groups is 4. The van der Waals surface area contributed by atoms with Gasteiger partial charge in [-0.1, -0.05) is 50.3 Å². The fourth-order valence-corrected chi connectivity index (χ4v) is 5.21. The number of rotatable bonds is 0. The van der Waals surface area contributed by atoms with Gasteiger partial charge < -0.3 is 29.9 Å². The van der Waals surface area contributed by atoms with E-state index in [4.69, 9.17) is 9.47 Å². The molecule has 1 fully saturated rings. The number of ether oxygens (including phenoxy) is 2. The maximum atomic E-state index is 12.6. The minimum Gasteiger partial charge on any atom is -0.459 e. The quantitative estimate of drug-likeness (QED) is 0.145. The molecule has 4 N–H and O–H groups in total. The van der Waals surface area contributed by atoms with E-state index in [0.29, 0.717) is 23.5 Å². The van der Waals surface area contributed by atoms with Crippen molar-refractivity contribution in [1.82, 2.24) is 0 Å². The van der Waals surface area contributed by atoms with Gasteiger partial charge in [-0.25, -0.2) is 4.79 Å². The van der Waals surface area contributed by atoms with Crippen LogP contribution in [-0.2, 0) is 19.1 Å². The third kappa shape index (κ3) is 11.1. The number of carbonyl (C=O) groups is 2. The first-order chi connectivity index (χ1) is 18.6. The summed E-state index contributed by atoms with van der Waals surface area (Å²) in [4.78, 5) is 25.1. The molecule has 0 aromatic heterocycles. The van der Waals surface area contributed by atoms with E-state index in [9.17, 15) is 30.0 Å². The molecule has 2 heterocycles. The number of carbonyl (C=O) groups excluding carboxylic acids is 2. The van der Waals surface area contributed by atoms with Crippen LogP contribution in [0.1, 0.15) is 86.5 Å². The van der Waals surface area contributed by atoms with E-state index in [1.165, 1.54) is 0 Å². The molecule has 1 saturated heterocycles. The maximum absolute atomic E-state index is 12.6. The van der Waals surface area contributed by atoms with Crippen LogP contribution in [0.15, 0.2) is 47.6 Å². The summed E-state index contributed by atoms with van der Waals surface area (Å²) in [5, 5.41) is 42.6. The molecule has 40 heavy (non-hydrogen) atoms. The number of cyclic esters (lactones) is 1. The molecule has 2 aliphatic rings. The van der Waals surface area contributed by atoms with Gasteiger partial charge in [-0.05, 0) is 77.2 Å². The normalized spacial score (nSPS) is 42.0. The topological polar surface area (TPSA) is 137 Å². The molecule has 0 aromatic rings. The Hall–Kier alpha value is -2.10. The van der Waals surface area contributed by atoms with Crippen molar-refractivity contribution in [1.29, 1.82) is 0 Å². The number of allylic oxidation sites excluding steroid dienone is 4. The molecule has 2 aliphatic heterocycles. The van der Waals surface area contributed by atoms with Crippen LogP contribution in [0.5, 0.6) is 0 Å². The zero-order chi connectivity index (χ0) is 30.2. The van der Waals surface area contributed by atoms with Gasteiger partial charge in [0, 0.05) is 18.4 Å². The molecule has 0 unspecified atom stereocenters. The third-order valence-corrected chi connectivity index (χ3v) is 7.89. The Morgan fingerprint density at radius 3 is 2.38 bits per heavy atom. The zero-order valence-corrected chi connectivity index (χ0v) is 25.0. The van der Waals surface area contributed by atoms with Gasteiger partial charge in [0.25, 0.3) is 0 Å². The van der Waals surface area contributed by atoms with E-state index in [1.54, 1.807) is 34.6 Å². The highest BCUT2D eigenvalue weighted by molar-refractivity contribution is 5.87. The van der Waals surface area contributed by atoms with E-state index in [2.05, 4.69) is 25.7 Å². The Bertz CT molecular complexity index is 977. The number of aliphatic hydroxyl groups excluding tert-OH is 3. The van der Waals surface area contributed by atoms with Gasteiger partial charge in [-0.3, -0.25) is 4.79 Å². The molecule has 0 aromatic carbocycles. The summed E-state index contributed by atoms with van der Waals surface area (Å²) in [6, 6.07) is 0. The lowest BCUT2D eigenvalue weighted by Crippen LogP contribution is -2.41. The molecular weight excluding hydrogens is 532 g/mol. The van der Waals surface area contributed by atoms with Crippen molar-refractivity contribution in [2.75, 3.05) is 0 Å². The molecule has 0 spiro atoms. The van der Waals surface area contributed by atoms with Gasteiger partial charge in [-0.15, -0.1) is 0 Å². The Kier molecular flexibility index (Phi) is 13.0. The van der Waals surface area contributed by atoms with E-state index in [1.807, 2.05) is 12.2 Å². The van der Waals surface area contributed by atoms with Crippen LogP contribution in [0.2, 0.25) is 0 Å². The molecule has 226 valence electrons. The van der Waals surface area contributed by atoms with Crippen LogP contribution in [0.4, 0.5) is 0 Å². The first-order valence-corrected chi connectivity index (χ1v) is 14.5. The van der Waals surface area contributed by atoms with E-state index < -0.39 is 54.1 Å². The molecule has 8 nitrogen and oxygen atoms in total. The summed E-state index contributed by atoms with van der Waals surface area (Å²) in [6.07, 6.45) is 5.95. The molecule has 0 saturated carbocycles. The first kappa shape index (κ1) is 34.1. The van der Waals surface area contributed by atoms with Crippen molar-refractivity contribution in [2.24, 2.45) is 11.8 Å². The largest absolute Gasteiger partial charge is 0.459 e. The average molecular weight is 583 g/mol. The molecule has 9 atom stereocenters. The molecular formula is C32H50O8. The van der Waals surface area contributed by atoms with Gasteiger partial charge in [0.1, 0.15) is 12.2 Å². The van der Waals surface area contributed by atoms with Crippen LogP contribution in [-0.4, -0.2) is 74.4 Å². The monoisotopic (exact) mass is 582 g/mol. The summed E-state index contributed by atoms with van der Waals surface area (Å²) in [7, 11) is 0. The highest BCUT2D eigenvalue weighted by atomic mass is 16.8. The lowest BCUT2D eigenvalue weighted by Gasteiger charge is -2.29. The Labute approximate surface area is 239 Å². The van der Waals surface area contributed by atoms with Crippen molar-refractivity contribution < 1.29 is 39.5 Å². The standard InChI is InChI=1S/C32H50O8/c1-19-13-20(2)15-28-27(40-28)12-10-8-9-11-21(3)31(37)39-24(6)16-22(4)29(35)30(36)26(34)17-25(33)18-32(7,38)23(5)14-19/h10-12,14,20,22,24-25,27-30,33,35-36,38H,1,8-9,13,15-18H2,2-7H3/b12-10+,21-11+,23-14+/t20-,22-,24+,25-,27+,28+,29+,30+,32-/m1/s1/i6+1,8+1,9+1,10+1,11+1,12+1,13+1,14+1,15+1,16+1,17+1,18+1,19+1,20+1,22+1,24+1,25+1,27+1,28+1,32+1. The van der Waals surface area contributed by atoms with Crippen molar-refractivity contribution >= 4 is 11.8 Å². The van der Waals surface area contributed by atoms with Crippen LogP contribution < -0.4 is 0 Å². The molecule has 0 bridgehead atoms. The van der Waals surface area contributed by atoms with Crippen molar-refractivity contribution in [3.8, 4) is 0 Å². The maximum Gasteiger partial charge on any atom is 0.333 e. The average Bonchev–Trinajstić information content (AvgIpc) is 3.58. The minimum absolute atomic E-state index is 0.100. The predicted octanol–water partition coefficient (Wildman–Crippen LogP) is 4.11. The highest BCUT2D eigenvalue weighted by Crippen LogP contribution is 2.33. The number of epoxide rings is 1. The molecule has 0 radical (unpaired) electrons. The second-order valence-electron chi connectivity index (χ2n) is 12.2. The lowest BCUT2D eigenvalue weighted by molar-refractivity contribution is -0.146. The smallest absolute Gasteiger partial charge is 0.333 e. The van der Waals surface area contributed by atoms with E-state index >= 15 is 0 Å². The Morgan fingerprint density at radius 2 is 1.70 bits per heavy atom. The summed E-state index contributed by atoms with van der Waals surface area (Å²) in [5.74, 6) is -1.40. The number of Topliss-reactive ketones (excluding diaryl/α,β-unsaturated/α-hetero) is 1. The second-order valence-corrected chi connectivity index (χ2v) is 12.2. The summed E-state index contributed by atoms with van der Waals surface area (Å²) >= 11 is 0. The minimum atomic E-state index is -1.71. The second kappa shape index (κ2) is 15.2. The fraction of sp³-hybridized carbons (Fsp3) is 0.688. The number of fused-ring (bicyclic) bond motifs is 1. The lowest BCUT2D eigenvalue weighted by atomic mass is 10.2. The Morgan fingerprint density at radius 1 is 1.02 bits per heavy atom. The Balaban J connectivity index is 2.15. The van der Waals surface area contributed by atoms with Crippen LogP contribution in [0.25, 0.3) is 0 Å². The van der Waals surface area contributed by atoms with Gasteiger partial charge in [0.15, 0.2) is 5.78 Å². The SMILES string of the molecule is C=[13C]1/[13CH]=C(\C)[13C@](C)(O)[13CH2][13C@H](O)[13CH2]C(=O)[C@H](O)[C@@H](O)[13C@H](C)[13CH2][13C@H]([13CH3])OC(=O)/C(C)=[13CH]/[13CH2][13CH2]/[13CH]=[13CH]/[13C@@H]2O[13C@H]2[13CH2][13C@H](C)[13CH2]1. The fourth-order valence-electron chi connectivity index (χ4n) is 5.21. The van der Waals surface area contributed by atoms with Gasteiger partial charge in [0.05, 0.1) is 30.0 Å². The van der Waals surface area contributed by atoms with Crippen molar-refractivity contribution in [3.63, 3.8) is 0 Å². The molecule has 8 heteroatoms. The van der Waals surface area contributed by atoms with E-state index in [-0.39, 0.29) is 25.0 Å². The number of hydrogen-bond donors (Lipinski definition) is 4. The molecule has 0 aliphatic carbocycles. The van der Waals surface area contributed by atoms with E-state index in [0.717, 1.165) is 24.8 Å². The highest BCUT2D eigenvalue weighted by Gasteiger charge is 2.37. The molecule has 0 amide bonds. The van der Waals surface area contributed by atoms with Gasteiger partial charge >= 0.3 is 5.97 Å². The summed E-state index contributed by atoms with van der Waals surface area (Å²) in [5.41, 5.74) is 0.569. The van der Waals surface area contributed by atoms with Gasteiger partial charge in [0.2, 0.25) is 0 Å². The first-order valence-electron chi connectivity index (χ1n) is 14.5. The number of esters is 1. The van der Waals surface area contributed by atoms with Crippen molar-refractivity contribution in [2.45, 2.75) is 129 Å². The number of ketones is 1. The zero-order valence-electron chi connectivity index (χ0n) is 25.0. The number of hydrogen-bond acceptors (Lipinski definition) is 8. The van der Waals surface area contributed by atoms with Crippen LogP contribution in [0, 0.1) is 11.8 Å². The van der Waals surface area contributed by atoms with Gasteiger partial charge in [-0.2, -0.15) is 0 Å². The summed E-state index contributed by atoms with van der Waals surface area (Å²) < 4.78 is 11.3. The summed E-state index contributed by atoms with van der Waals surface area (Å²) in [6.45, 7) is 14.7. The molecule has 2 rings (SSSR count). The van der Waals surface area contributed by atoms with Crippen LogP contribution in [0.3, 0.4) is 0 Å². The third-order valence-electron chi connectivity index (χ3n) is 7.89. The predicted molar refractivity (Wildman–Crippen MR) is 154 cm³/mol. The van der Waals surface area contributed by atoms with Crippen LogP contribution >= 0.6 is 0 Å². The van der Waals surface area contributed by atoms with Crippen molar-refractivity contribution in [3.05, 3.63) is 47.6 Å².